The number of nitro groups is 1. The van der Waals surface area contributed by atoms with Crippen LogP contribution < -0.4 is 9.62 Å². The number of nitrogens with one attached hydrogen (secondary N) is 1. The molecular weight excluding hydrogens is 406 g/mol. The first kappa shape index (κ1) is 23.3. The van der Waals surface area contributed by atoms with E-state index in [0.29, 0.717) is 0 Å². The van der Waals surface area contributed by atoms with Gasteiger partial charge in [0.15, 0.2) is 0 Å². The monoisotopic (exact) mass is 433 g/mol. The molecule has 0 saturated carbocycles. The average molecular weight is 434 g/mol. The number of aryl methyl sites for hydroxylation is 3. The highest BCUT2D eigenvalue weighted by molar-refractivity contribution is 7.92. The number of anilines is 1. The van der Waals surface area contributed by atoms with Crippen molar-refractivity contribution in [2.24, 2.45) is 0 Å². The lowest BCUT2D eigenvalue weighted by molar-refractivity contribution is -0.384. The topological polar surface area (TPSA) is 110 Å². The van der Waals surface area contributed by atoms with Crippen LogP contribution in [0.2, 0.25) is 0 Å². The Hall–Kier alpha value is -2.94. The molecule has 0 saturated heterocycles. The molecule has 0 heterocycles. The Balaban J connectivity index is 2.34. The zero-order valence-corrected chi connectivity index (χ0v) is 18.8. The van der Waals surface area contributed by atoms with E-state index in [1.54, 1.807) is 0 Å². The van der Waals surface area contributed by atoms with Crippen LogP contribution in [-0.2, 0) is 14.8 Å². The van der Waals surface area contributed by atoms with Gasteiger partial charge in [-0.05, 0) is 62.9 Å². The quantitative estimate of drug-likeness (QED) is 0.530. The molecule has 0 radical (unpaired) electrons. The van der Waals surface area contributed by atoms with Crippen LogP contribution in [0.5, 0.6) is 0 Å². The number of amides is 1. The molecule has 162 valence electrons. The average Bonchev–Trinajstić information content (AvgIpc) is 2.63. The van der Waals surface area contributed by atoms with Crippen LogP contribution in [0.25, 0.3) is 0 Å². The number of sulfonamides is 1. The Labute approximate surface area is 177 Å². The van der Waals surface area contributed by atoms with E-state index in [1.165, 1.54) is 25.1 Å². The van der Waals surface area contributed by atoms with Gasteiger partial charge >= 0.3 is 0 Å². The maximum atomic E-state index is 12.9. The van der Waals surface area contributed by atoms with Crippen LogP contribution in [0.1, 0.15) is 42.1 Å². The Morgan fingerprint density at radius 2 is 1.67 bits per heavy atom. The van der Waals surface area contributed by atoms with Crippen molar-refractivity contribution in [1.82, 2.24) is 5.32 Å². The number of hydrogen-bond acceptors (Lipinski definition) is 5. The smallest absolute Gasteiger partial charge is 0.271 e. The molecule has 1 N–H and O–H groups in total. The SMILES string of the molecule is Cc1cc(C)c([C@H](C)NC(=O)[C@H](C)N(c2cccc([N+](=O)[O-])c2)S(C)(=O)=O)cc1C. The third-order valence-corrected chi connectivity index (χ3v) is 6.33. The molecule has 0 fully saturated rings. The van der Waals surface area contributed by atoms with Gasteiger partial charge in [-0.25, -0.2) is 8.42 Å². The third-order valence-electron chi connectivity index (χ3n) is 5.09. The van der Waals surface area contributed by atoms with Crippen LogP contribution in [0.3, 0.4) is 0 Å². The van der Waals surface area contributed by atoms with Gasteiger partial charge in [0.1, 0.15) is 6.04 Å². The lowest BCUT2D eigenvalue weighted by Crippen LogP contribution is -2.48. The number of carbonyl (C=O) groups excluding carboxylic acids is 1. The maximum absolute atomic E-state index is 12.9. The van der Waals surface area contributed by atoms with E-state index in [-0.39, 0.29) is 17.4 Å². The minimum absolute atomic E-state index is 0.0596. The molecule has 0 aromatic heterocycles. The second-order valence-electron chi connectivity index (χ2n) is 7.54. The standard InChI is InChI=1S/C21H27N3O5S/c1-13-10-15(3)20(11-14(13)2)16(4)22-21(25)17(5)23(30(6,28)29)18-8-7-9-19(12-18)24(26)27/h7-12,16-17H,1-6H3,(H,22,25)/t16-,17-/m0/s1. The minimum Gasteiger partial charge on any atom is -0.348 e. The largest absolute Gasteiger partial charge is 0.348 e. The van der Waals surface area contributed by atoms with Crippen molar-refractivity contribution >= 4 is 27.3 Å². The fraction of sp³-hybridized carbons (Fsp3) is 0.381. The highest BCUT2D eigenvalue weighted by atomic mass is 32.2. The van der Waals surface area contributed by atoms with Gasteiger partial charge < -0.3 is 5.32 Å². The van der Waals surface area contributed by atoms with E-state index in [9.17, 15) is 23.3 Å². The minimum atomic E-state index is -3.88. The first-order chi connectivity index (χ1) is 13.8. The lowest BCUT2D eigenvalue weighted by atomic mass is 9.96. The number of nitrogens with zero attached hydrogens (tertiary/aromatic N) is 2. The number of carbonyl (C=O) groups is 1. The van der Waals surface area contributed by atoms with Crippen molar-refractivity contribution in [3.63, 3.8) is 0 Å². The van der Waals surface area contributed by atoms with Crippen LogP contribution in [0, 0.1) is 30.9 Å². The zero-order valence-electron chi connectivity index (χ0n) is 18.0. The van der Waals surface area contributed by atoms with Gasteiger partial charge in [-0.15, -0.1) is 0 Å². The van der Waals surface area contributed by atoms with Gasteiger partial charge in [-0.3, -0.25) is 19.2 Å². The van der Waals surface area contributed by atoms with Crippen molar-refractivity contribution in [2.45, 2.75) is 46.7 Å². The third kappa shape index (κ3) is 5.15. The predicted molar refractivity (Wildman–Crippen MR) is 117 cm³/mol. The molecular formula is C21H27N3O5S. The highest BCUT2D eigenvalue weighted by Gasteiger charge is 2.31. The summed E-state index contributed by atoms with van der Waals surface area (Å²) in [5.74, 6) is -0.503. The van der Waals surface area contributed by atoms with Gasteiger partial charge in [0.25, 0.3) is 5.69 Å². The van der Waals surface area contributed by atoms with Crippen LogP contribution in [0.4, 0.5) is 11.4 Å². The summed E-state index contributed by atoms with van der Waals surface area (Å²) in [6, 6.07) is 7.83. The highest BCUT2D eigenvalue weighted by Crippen LogP contribution is 2.26. The van der Waals surface area contributed by atoms with E-state index in [2.05, 4.69) is 5.32 Å². The molecule has 2 rings (SSSR count). The lowest BCUT2D eigenvalue weighted by Gasteiger charge is -2.29. The van der Waals surface area contributed by atoms with Gasteiger partial charge in [-0.1, -0.05) is 18.2 Å². The summed E-state index contributed by atoms with van der Waals surface area (Å²) in [7, 11) is -3.88. The van der Waals surface area contributed by atoms with Crippen molar-refractivity contribution in [2.75, 3.05) is 10.6 Å². The molecule has 0 aliphatic heterocycles. The first-order valence-corrected chi connectivity index (χ1v) is 11.3. The van der Waals surface area contributed by atoms with Crippen molar-refractivity contribution in [1.29, 1.82) is 0 Å². The molecule has 0 unspecified atom stereocenters. The van der Waals surface area contributed by atoms with E-state index >= 15 is 0 Å². The molecule has 2 atom stereocenters. The Kier molecular flexibility index (Phi) is 6.87. The summed E-state index contributed by atoms with van der Waals surface area (Å²) in [5, 5.41) is 13.9. The number of hydrogen-bond donors (Lipinski definition) is 1. The Morgan fingerprint density at radius 3 is 2.23 bits per heavy atom. The second-order valence-corrected chi connectivity index (χ2v) is 9.39. The van der Waals surface area contributed by atoms with Gasteiger partial charge in [0.05, 0.1) is 22.9 Å². The molecule has 0 aliphatic rings. The van der Waals surface area contributed by atoms with Gasteiger partial charge in [-0.2, -0.15) is 0 Å². The van der Waals surface area contributed by atoms with Crippen LogP contribution >= 0.6 is 0 Å². The van der Waals surface area contributed by atoms with E-state index in [0.717, 1.165) is 38.9 Å². The number of non-ortho nitro benzene ring substituents is 1. The number of benzene rings is 2. The predicted octanol–water partition coefficient (Wildman–Crippen LogP) is 3.55. The fourth-order valence-electron chi connectivity index (χ4n) is 3.41. The molecule has 0 bridgehead atoms. The summed E-state index contributed by atoms with van der Waals surface area (Å²) in [6.07, 6.45) is 0.965. The number of rotatable bonds is 7. The van der Waals surface area contributed by atoms with Crippen molar-refractivity contribution in [3.8, 4) is 0 Å². The summed E-state index contributed by atoms with van der Waals surface area (Å²) >= 11 is 0. The number of nitro benzene ring substituents is 1. The van der Waals surface area contributed by atoms with E-state index < -0.39 is 26.9 Å². The molecule has 2 aromatic rings. The molecule has 30 heavy (non-hydrogen) atoms. The van der Waals surface area contributed by atoms with E-state index in [1.807, 2.05) is 39.8 Å². The Bertz CT molecular complexity index is 1080. The molecule has 9 heteroatoms. The van der Waals surface area contributed by atoms with E-state index in [4.69, 9.17) is 0 Å². The van der Waals surface area contributed by atoms with Crippen molar-refractivity contribution < 1.29 is 18.1 Å². The summed E-state index contributed by atoms with van der Waals surface area (Å²) < 4.78 is 25.8. The Morgan fingerprint density at radius 1 is 1.07 bits per heavy atom. The molecule has 1 amide bonds. The zero-order chi connectivity index (χ0) is 22.8. The molecule has 0 aliphatic carbocycles. The molecule has 8 nitrogen and oxygen atoms in total. The van der Waals surface area contributed by atoms with Crippen molar-refractivity contribution in [3.05, 3.63) is 68.8 Å². The normalized spacial score (nSPS) is 13.4. The summed E-state index contributed by atoms with van der Waals surface area (Å²) in [6.45, 7) is 9.25. The summed E-state index contributed by atoms with van der Waals surface area (Å²) in [4.78, 5) is 23.4. The fourth-order valence-corrected chi connectivity index (χ4v) is 4.58. The van der Waals surface area contributed by atoms with Crippen LogP contribution in [-0.4, -0.2) is 31.5 Å². The second kappa shape index (κ2) is 8.83. The molecule has 0 spiro atoms. The van der Waals surface area contributed by atoms with Gasteiger partial charge in [0.2, 0.25) is 15.9 Å². The molecule has 2 aromatic carbocycles. The van der Waals surface area contributed by atoms with Gasteiger partial charge in [0, 0.05) is 12.1 Å². The summed E-state index contributed by atoms with van der Waals surface area (Å²) in [5.41, 5.74) is 4.02. The first-order valence-electron chi connectivity index (χ1n) is 9.45. The maximum Gasteiger partial charge on any atom is 0.271 e. The van der Waals surface area contributed by atoms with Crippen LogP contribution in [0.15, 0.2) is 36.4 Å².